The molecule has 4 nitrogen and oxygen atoms in total. The molecule has 0 saturated carbocycles. The van der Waals surface area contributed by atoms with Gasteiger partial charge in [0.1, 0.15) is 11.3 Å². The Morgan fingerprint density at radius 3 is 2.38 bits per heavy atom. The van der Waals surface area contributed by atoms with Crippen LogP contribution in [0.4, 0.5) is 0 Å². The number of rotatable bonds is 2. The van der Waals surface area contributed by atoms with Crippen molar-refractivity contribution in [2.75, 3.05) is 0 Å². The van der Waals surface area contributed by atoms with Crippen molar-refractivity contribution in [1.29, 1.82) is 0 Å². The Morgan fingerprint density at radius 2 is 1.60 bits per heavy atom. The summed E-state index contributed by atoms with van der Waals surface area (Å²) in [6.07, 6.45) is 8.77. The van der Waals surface area contributed by atoms with Crippen LogP contribution in [-0.2, 0) is 5.41 Å². The molecule has 216 valence electrons. The molecule has 0 unspecified atom stereocenters. The molecule has 4 aromatic carbocycles. The summed E-state index contributed by atoms with van der Waals surface area (Å²) in [5.41, 5.74) is 18.0. The lowest BCUT2D eigenvalue weighted by Gasteiger charge is -2.34. The number of nitrogens with zero attached hydrogens (tertiary/aromatic N) is 4. The second-order valence-electron chi connectivity index (χ2n) is 13.9. The topological polar surface area (TPSA) is 18.7 Å². The SMILES string of the molecule is C=Cc1cn2c(C)c(/C=C\C)c3c2n1-c1cc(C(C)(C)C)cc2c1B3c1cccc3c1n-2c1cc2ccc4ccccc4c2n31. The smallest absolute Gasteiger partial charge is 0.255 e. The molecule has 2 aliphatic rings. The summed E-state index contributed by atoms with van der Waals surface area (Å²) >= 11 is 0. The number of benzene rings is 4. The molecule has 0 N–H and O–H groups in total. The predicted molar refractivity (Wildman–Crippen MR) is 192 cm³/mol. The predicted octanol–water partition coefficient (Wildman–Crippen LogP) is 7.66. The monoisotopic (exact) mass is 580 g/mol. The second-order valence-corrected chi connectivity index (χ2v) is 13.9. The van der Waals surface area contributed by atoms with Gasteiger partial charge in [-0.1, -0.05) is 88.0 Å². The number of fused-ring (bicyclic) bond motifs is 11. The first kappa shape index (κ1) is 25.2. The lowest BCUT2D eigenvalue weighted by Crippen LogP contribution is -2.60. The van der Waals surface area contributed by atoms with Crippen LogP contribution in [0.15, 0.2) is 91.6 Å². The molecule has 0 atom stereocenters. The third-order valence-electron chi connectivity index (χ3n) is 10.6. The number of imidazole rings is 2. The molecule has 0 fully saturated rings. The number of aryl methyl sites for hydroxylation is 1. The summed E-state index contributed by atoms with van der Waals surface area (Å²) in [7, 11) is 0. The van der Waals surface area contributed by atoms with Crippen LogP contribution < -0.4 is 16.4 Å². The summed E-state index contributed by atoms with van der Waals surface area (Å²) < 4.78 is 9.96. The van der Waals surface area contributed by atoms with E-state index in [1.807, 2.05) is 6.08 Å². The third kappa shape index (κ3) is 2.86. The fourth-order valence-electron chi connectivity index (χ4n) is 8.60. The summed E-state index contributed by atoms with van der Waals surface area (Å²) in [4.78, 5) is 0. The molecule has 0 amide bonds. The number of hydrogen-bond donors (Lipinski definition) is 0. The molecule has 0 aliphatic carbocycles. The highest BCUT2D eigenvalue weighted by molar-refractivity contribution is 7.00. The lowest BCUT2D eigenvalue weighted by atomic mass is 9.34. The number of para-hydroxylation sites is 1. The number of hydrogen-bond acceptors (Lipinski definition) is 0. The van der Waals surface area contributed by atoms with Crippen LogP contribution in [-0.4, -0.2) is 24.6 Å². The van der Waals surface area contributed by atoms with E-state index in [4.69, 9.17) is 0 Å². The van der Waals surface area contributed by atoms with E-state index in [2.05, 4.69) is 150 Å². The first-order valence-electron chi connectivity index (χ1n) is 16.0. The van der Waals surface area contributed by atoms with Crippen LogP contribution in [0.25, 0.3) is 67.5 Å². The van der Waals surface area contributed by atoms with E-state index in [1.54, 1.807) is 0 Å². The zero-order chi connectivity index (χ0) is 30.5. The molecule has 0 saturated heterocycles. The van der Waals surface area contributed by atoms with Crippen molar-refractivity contribution >= 4 is 79.3 Å². The Labute approximate surface area is 262 Å². The number of allylic oxidation sites excluding steroid dienone is 1. The molecule has 2 aliphatic heterocycles. The van der Waals surface area contributed by atoms with Gasteiger partial charge in [0.15, 0.2) is 0 Å². The van der Waals surface area contributed by atoms with Crippen LogP contribution >= 0.6 is 0 Å². The van der Waals surface area contributed by atoms with Crippen LogP contribution in [0.5, 0.6) is 0 Å². The molecular weight excluding hydrogens is 547 g/mol. The first-order valence-corrected chi connectivity index (χ1v) is 16.0. The maximum absolute atomic E-state index is 4.27. The van der Waals surface area contributed by atoms with Crippen molar-refractivity contribution in [3.8, 4) is 11.4 Å². The minimum atomic E-state index is -0.0322. The van der Waals surface area contributed by atoms with Crippen molar-refractivity contribution in [2.45, 2.75) is 40.0 Å². The van der Waals surface area contributed by atoms with Crippen LogP contribution in [0.3, 0.4) is 0 Å². The zero-order valence-electron chi connectivity index (χ0n) is 26.3. The molecular formula is C40H33BN4. The van der Waals surface area contributed by atoms with Gasteiger partial charge in [-0.2, -0.15) is 0 Å². The molecule has 5 heteroatoms. The minimum Gasteiger partial charge on any atom is -0.305 e. The number of aromatic nitrogens is 4. The van der Waals surface area contributed by atoms with Gasteiger partial charge in [0.2, 0.25) is 0 Å². The van der Waals surface area contributed by atoms with Crippen molar-refractivity contribution < 1.29 is 0 Å². The summed E-state index contributed by atoms with van der Waals surface area (Å²) in [5, 5.41) is 3.82. The molecule has 0 radical (unpaired) electrons. The second kappa shape index (κ2) is 8.11. The van der Waals surface area contributed by atoms with Gasteiger partial charge >= 0.3 is 0 Å². The highest BCUT2D eigenvalue weighted by Crippen LogP contribution is 2.40. The van der Waals surface area contributed by atoms with Crippen LogP contribution in [0, 0.1) is 6.92 Å². The molecule has 8 aromatic rings. The first-order chi connectivity index (χ1) is 21.8. The molecule has 4 aromatic heterocycles. The van der Waals surface area contributed by atoms with Crippen molar-refractivity contribution in [3.63, 3.8) is 0 Å². The molecule has 10 rings (SSSR count). The fourth-order valence-corrected chi connectivity index (χ4v) is 8.60. The van der Waals surface area contributed by atoms with E-state index in [-0.39, 0.29) is 12.1 Å². The lowest BCUT2D eigenvalue weighted by molar-refractivity contribution is 0.589. The Morgan fingerprint density at radius 1 is 0.822 bits per heavy atom. The van der Waals surface area contributed by atoms with Crippen LogP contribution in [0.2, 0.25) is 0 Å². The zero-order valence-corrected chi connectivity index (χ0v) is 26.3. The average molecular weight is 581 g/mol. The maximum Gasteiger partial charge on any atom is 0.255 e. The van der Waals surface area contributed by atoms with Gasteiger partial charge < -0.3 is 4.40 Å². The van der Waals surface area contributed by atoms with Crippen molar-refractivity contribution in [1.82, 2.24) is 17.9 Å². The van der Waals surface area contributed by atoms with Gasteiger partial charge in [-0.05, 0) is 82.5 Å². The summed E-state index contributed by atoms with van der Waals surface area (Å²) in [6.45, 7) is 15.7. The van der Waals surface area contributed by atoms with Gasteiger partial charge in [-0.25, -0.2) is 0 Å². The van der Waals surface area contributed by atoms with E-state index in [0.717, 1.165) is 5.69 Å². The normalized spacial score (nSPS) is 13.8. The quantitative estimate of drug-likeness (QED) is 0.187. The Balaban J connectivity index is 1.48. The van der Waals surface area contributed by atoms with Gasteiger partial charge in [-0.3, -0.25) is 13.5 Å². The molecule has 0 spiro atoms. The van der Waals surface area contributed by atoms with Gasteiger partial charge in [-0.15, -0.1) is 0 Å². The summed E-state index contributed by atoms with van der Waals surface area (Å²) in [5.74, 6) is 0. The Bertz CT molecular complexity index is 2680. The van der Waals surface area contributed by atoms with Crippen molar-refractivity contribution in [2.24, 2.45) is 0 Å². The highest BCUT2D eigenvalue weighted by Gasteiger charge is 2.44. The van der Waals surface area contributed by atoms with Gasteiger partial charge in [0, 0.05) is 34.0 Å². The van der Waals surface area contributed by atoms with E-state index < -0.39 is 0 Å². The molecule has 6 heterocycles. The Hall–Kier alpha value is -5.16. The average Bonchev–Trinajstić information content (AvgIpc) is 3.76. The summed E-state index contributed by atoms with van der Waals surface area (Å²) in [6, 6.07) is 27.6. The largest absolute Gasteiger partial charge is 0.305 e. The Kier molecular flexibility index (Phi) is 4.54. The van der Waals surface area contributed by atoms with Gasteiger partial charge in [0.25, 0.3) is 6.71 Å². The fraction of sp³-hybridized carbons (Fsp3) is 0.150. The van der Waals surface area contributed by atoms with E-state index in [1.165, 1.54) is 88.6 Å². The van der Waals surface area contributed by atoms with E-state index in [0.29, 0.717) is 0 Å². The van der Waals surface area contributed by atoms with E-state index >= 15 is 0 Å². The van der Waals surface area contributed by atoms with Gasteiger partial charge in [0.05, 0.1) is 22.2 Å². The standard InChI is InChI=1S/C40H33BN4/c1-7-12-28-23(3)42-22-27(8-2)43-32-20-26(40(4,5)6)21-33-36(32)41(35(28)39(42)43)30-15-11-16-31-38(30)45(33)34-19-25-18-17-24-13-9-10-14-29(24)37(25)44(31)34/h7-22H,2H2,1,3-6H3/b12-7-. The van der Waals surface area contributed by atoms with Crippen LogP contribution in [0.1, 0.15) is 50.2 Å². The third-order valence-corrected chi connectivity index (χ3v) is 10.6. The van der Waals surface area contributed by atoms with E-state index in [9.17, 15) is 0 Å². The molecule has 45 heavy (non-hydrogen) atoms. The highest BCUT2D eigenvalue weighted by atomic mass is 15.2. The molecule has 0 bridgehead atoms. The minimum absolute atomic E-state index is 0.0322. The maximum atomic E-state index is 4.27. The van der Waals surface area contributed by atoms with Crippen molar-refractivity contribution in [3.05, 3.63) is 114 Å².